The summed E-state index contributed by atoms with van der Waals surface area (Å²) >= 11 is 1.10. The molecule has 0 aliphatic rings. The minimum Gasteiger partial charge on any atom is -0.457 e. The van der Waals surface area contributed by atoms with Crippen LogP contribution in [0, 0.1) is 6.92 Å². The Bertz CT molecular complexity index is 1170. The van der Waals surface area contributed by atoms with Crippen LogP contribution in [0.5, 0.6) is 11.5 Å². The van der Waals surface area contributed by atoms with E-state index in [1.807, 2.05) is 20.8 Å². The number of hydrogen-bond acceptors (Lipinski definition) is 5. The number of halogens is 3. The molecule has 0 spiro atoms. The maximum Gasteiger partial charge on any atom is 0.416 e. The Morgan fingerprint density at radius 1 is 1.19 bits per heavy atom. The number of nitrogens with two attached hydrogens (primary N) is 1. The van der Waals surface area contributed by atoms with Crippen LogP contribution in [0.2, 0.25) is 0 Å². The molecule has 2 aromatic carbocycles. The number of anilines is 2. The normalized spacial score (nSPS) is 12.3. The van der Waals surface area contributed by atoms with Crippen LogP contribution in [0.3, 0.4) is 0 Å². The quantitative estimate of drug-likeness (QED) is 0.346. The maximum absolute atomic E-state index is 12.9. The molecule has 0 aliphatic heterocycles. The molecule has 0 atom stereocenters. The highest BCUT2D eigenvalue weighted by Gasteiger charge is 2.30. The van der Waals surface area contributed by atoms with E-state index in [2.05, 4.69) is 14.7 Å². The molecule has 4 N–H and O–H groups in total. The third-order valence-electron chi connectivity index (χ3n) is 4.20. The second kappa shape index (κ2) is 8.84. The van der Waals surface area contributed by atoms with Gasteiger partial charge in [-0.1, -0.05) is 6.07 Å². The zero-order valence-electron chi connectivity index (χ0n) is 17.0. The molecule has 0 saturated heterocycles. The smallest absolute Gasteiger partial charge is 0.416 e. The van der Waals surface area contributed by atoms with Crippen molar-refractivity contribution in [2.24, 2.45) is 10.7 Å². The van der Waals surface area contributed by atoms with Crippen LogP contribution in [0.1, 0.15) is 30.5 Å². The molecule has 6 nitrogen and oxygen atoms in total. The largest absolute Gasteiger partial charge is 0.457 e. The Labute approximate surface area is 180 Å². The Hall–Kier alpha value is -3.27. The lowest BCUT2D eigenvalue weighted by molar-refractivity contribution is -0.137. The van der Waals surface area contributed by atoms with Crippen molar-refractivity contribution in [2.45, 2.75) is 33.0 Å². The summed E-state index contributed by atoms with van der Waals surface area (Å²) in [5.74, 6) is 0.603. The zero-order valence-corrected chi connectivity index (χ0v) is 17.8. The van der Waals surface area contributed by atoms with Crippen molar-refractivity contribution in [3.63, 3.8) is 0 Å². The molecule has 0 bridgehead atoms. The van der Waals surface area contributed by atoms with Crippen LogP contribution in [0.25, 0.3) is 0 Å². The predicted molar refractivity (Wildman–Crippen MR) is 117 cm³/mol. The molecule has 0 radical (unpaired) electrons. The first kappa shape index (κ1) is 22.4. The highest BCUT2D eigenvalue weighted by Crippen LogP contribution is 2.34. The number of aryl methyl sites for hydroxylation is 1. The van der Waals surface area contributed by atoms with Crippen molar-refractivity contribution in [1.82, 2.24) is 4.37 Å². The van der Waals surface area contributed by atoms with Crippen LogP contribution in [-0.2, 0) is 6.18 Å². The summed E-state index contributed by atoms with van der Waals surface area (Å²) in [6, 6.07) is 9.63. The van der Waals surface area contributed by atoms with Gasteiger partial charge in [0.15, 0.2) is 0 Å². The number of H-pyrrole nitrogens is 1. The van der Waals surface area contributed by atoms with Gasteiger partial charge in [-0.15, -0.1) is 0 Å². The van der Waals surface area contributed by atoms with E-state index in [4.69, 9.17) is 10.5 Å². The fourth-order valence-electron chi connectivity index (χ4n) is 2.80. The first-order valence-corrected chi connectivity index (χ1v) is 10.1. The molecule has 0 aliphatic carbocycles. The van der Waals surface area contributed by atoms with Crippen molar-refractivity contribution in [2.75, 3.05) is 5.32 Å². The monoisotopic (exact) mass is 450 g/mol. The maximum atomic E-state index is 12.9. The number of nitrogens with one attached hydrogen (secondary N) is 2. The topological polar surface area (TPSA) is 92.5 Å². The fraction of sp³-hybridized carbons (Fsp3) is 0.238. The number of ether oxygens (including phenoxy) is 1. The standard InChI is InChI=1S/C21H21F3N4O2S/c1-11(2)26-18(25)17-19(29)28-31-20(17)27-16-8-7-15(9-12(16)3)30-14-6-4-5-13(10-14)21(22,23)24/h4-11,27H,1-3H3,(H2,25,26)(H,28,29). The van der Waals surface area contributed by atoms with E-state index in [1.54, 1.807) is 18.2 Å². The molecule has 1 aromatic heterocycles. The third-order valence-corrected chi connectivity index (χ3v) is 4.99. The summed E-state index contributed by atoms with van der Waals surface area (Å²) in [5.41, 5.74) is 6.58. The summed E-state index contributed by atoms with van der Waals surface area (Å²) < 4.78 is 46.9. The van der Waals surface area contributed by atoms with Gasteiger partial charge in [-0.25, -0.2) is 0 Å². The average molecular weight is 450 g/mol. The minimum absolute atomic E-state index is 0.0684. The first-order chi connectivity index (χ1) is 14.5. The Morgan fingerprint density at radius 2 is 1.90 bits per heavy atom. The SMILES string of the molecule is Cc1cc(Oc2cccc(C(F)(F)F)c2)ccc1Nc1s[nH]c(=O)c1C(N)=NC(C)C. The van der Waals surface area contributed by atoms with E-state index in [0.29, 0.717) is 16.4 Å². The lowest BCUT2D eigenvalue weighted by Crippen LogP contribution is -2.23. The van der Waals surface area contributed by atoms with Gasteiger partial charge >= 0.3 is 6.18 Å². The zero-order chi connectivity index (χ0) is 22.8. The van der Waals surface area contributed by atoms with Crippen molar-refractivity contribution in [3.8, 4) is 11.5 Å². The van der Waals surface area contributed by atoms with E-state index in [0.717, 1.165) is 29.2 Å². The van der Waals surface area contributed by atoms with E-state index in [1.165, 1.54) is 12.1 Å². The van der Waals surface area contributed by atoms with E-state index in [9.17, 15) is 18.0 Å². The van der Waals surface area contributed by atoms with Crippen LogP contribution in [0.4, 0.5) is 23.9 Å². The number of aromatic amines is 1. The van der Waals surface area contributed by atoms with E-state index in [-0.39, 0.29) is 28.7 Å². The van der Waals surface area contributed by atoms with Gasteiger partial charge in [-0.3, -0.25) is 14.2 Å². The van der Waals surface area contributed by atoms with E-state index < -0.39 is 11.7 Å². The van der Waals surface area contributed by atoms with Gasteiger partial charge in [0.05, 0.1) is 5.56 Å². The van der Waals surface area contributed by atoms with Gasteiger partial charge in [0.25, 0.3) is 5.56 Å². The van der Waals surface area contributed by atoms with Gasteiger partial charge < -0.3 is 15.8 Å². The molecule has 0 fully saturated rings. The van der Waals surface area contributed by atoms with Crippen LogP contribution in [0.15, 0.2) is 52.3 Å². The second-order valence-corrected chi connectivity index (χ2v) is 7.89. The molecule has 0 amide bonds. The first-order valence-electron chi connectivity index (χ1n) is 9.32. The Morgan fingerprint density at radius 3 is 2.55 bits per heavy atom. The highest BCUT2D eigenvalue weighted by molar-refractivity contribution is 7.10. The number of rotatable bonds is 6. The summed E-state index contributed by atoms with van der Waals surface area (Å²) in [4.78, 5) is 16.4. The minimum atomic E-state index is -4.44. The van der Waals surface area contributed by atoms with Crippen molar-refractivity contribution in [1.29, 1.82) is 0 Å². The van der Waals surface area contributed by atoms with Crippen LogP contribution < -0.4 is 21.3 Å². The van der Waals surface area contributed by atoms with Gasteiger partial charge in [0.1, 0.15) is 27.9 Å². The Balaban J connectivity index is 1.83. The van der Waals surface area contributed by atoms with Crippen LogP contribution >= 0.6 is 11.5 Å². The number of alkyl halides is 3. The third kappa shape index (κ3) is 5.46. The lowest BCUT2D eigenvalue weighted by Gasteiger charge is -2.13. The van der Waals surface area contributed by atoms with Crippen molar-refractivity contribution in [3.05, 3.63) is 69.5 Å². The molecule has 31 heavy (non-hydrogen) atoms. The highest BCUT2D eigenvalue weighted by atomic mass is 32.1. The van der Waals surface area contributed by atoms with E-state index >= 15 is 0 Å². The molecular weight excluding hydrogens is 429 g/mol. The van der Waals surface area contributed by atoms with Gasteiger partial charge in [-0.2, -0.15) is 13.2 Å². The molecule has 3 rings (SSSR count). The molecule has 1 heterocycles. The summed E-state index contributed by atoms with van der Waals surface area (Å²) in [6.07, 6.45) is -4.44. The summed E-state index contributed by atoms with van der Waals surface area (Å²) in [5, 5.41) is 3.67. The molecule has 164 valence electrons. The van der Waals surface area contributed by atoms with Gasteiger partial charge in [-0.05, 0) is 74.3 Å². The van der Waals surface area contributed by atoms with Crippen molar-refractivity contribution >= 4 is 28.1 Å². The van der Waals surface area contributed by atoms with Crippen LogP contribution in [-0.4, -0.2) is 16.3 Å². The summed E-state index contributed by atoms with van der Waals surface area (Å²) in [7, 11) is 0. The second-order valence-electron chi connectivity index (χ2n) is 7.07. The number of nitrogens with zero attached hydrogens (tertiary/aromatic N) is 1. The summed E-state index contributed by atoms with van der Waals surface area (Å²) in [6.45, 7) is 5.52. The molecular formula is C21H21F3N4O2S. The molecule has 0 unspecified atom stereocenters. The van der Waals surface area contributed by atoms with Gasteiger partial charge in [0, 0.05) is 11.7 Å². The number of aromatic nitrogens is 1. The Kier molecular flexibility index (Phi) is 6.40. The number of benzene rings is 2. The molecule has 3 aromatic rings. The van der Waals surface area contributed by atoms with Crippen molar-refractivity contribution < 1.29 is 17.9 Å². The average Bonchev–Trinajstić information content (AvgIpc) is 3.03. The number of hydrogen-bond donors (Lipinski definition) is 3. The predicted octanol–water partition coefficient (Wildman–Crippen LogP) is 5.41. The lowest BCUT2D eigenvalue weighted by atomic mass is 10.1. The number of amidine groups is 1. The van der Waals surface area contributed by atoms with Gasteiger partial charge in [0.2, 0.25) is 0 Å². The fourth-order valence-corrected chi connectivity index (χ4v) is 3.56. The molecule has 0 saturated carbocycles. The molecule has 10 heteroatoms. The number of aliphatic imine (C=N–C) groups is 1.